The molecule has 0 bridgehead atoms. The molecule has 1 N–H and O–H groups in total. The second-order valence-corrected chi connectivity index (χ2v) is 4.99. The summed E-state index contributed by atoms with van der Waals surface area (Å²) in [5, 5.41) is 2.40. The van der Waals surface area contributed by atoms with Crippen LogP contribution < -0.4 is 5.32 Å². The lowest BCUT2D eigenvalue weighted by Crippen LogP contribution is -2.26. The first kappa shape index (κ1) is 15.4. The number of halogens is 4. The minimum atomic E-state index is -4.61. The highest BCUT2D eigenvalue weighted by Gasteiger charge is 2.35. The summed E-state index contributed by atoms with van der Waals surface area (Å²) < 4.78 is 39.0. The van der Waals surface area contributed by atoms with E-state index in [2.05, 4.69) is 31.2 Å². The maximum Gasteiger partial charge on any atom is 0.417 e. The quantitative estimate of drug-likeness (QED) is 0.915. The number of alkyl halides is 3. The van der Waals surface area contributed by atoms with E-state index < -0.39 is 23.2 Å². The number of amides is 1. The first-order valence-corrected chi connectivity index (χ1v) is 6.57. The molecular formula is C13H9BrF3N3O. The number of nitrogens with one attached hydrogen (secondary N) is 1. The molecule has 1 aromatic carbocycles. The molecule has 0 saturated heterocycles. The van der Waals surface area contributed by atoms with Crippen LogP contribution in [0.4, 0.5) is 13.2 Å². The maximum atomic E-state index is 12.9. The van der Waals surface area contributed by atoms with Crippen molar-refractivity contribution in [2.45, 2.75) is 12.7 Å². The molecule has 0 unspecified atom stereocenters. The van der Waals surface area contributed by atoms with Gasteiger partial charge in [-0.1, -0.05) is 15.9 Å². The van der Waals surface area contributed by atoms with Crippen molar-refractivity contribution < 1.29 is 18.0 Å². The van der Waals surface area contributed by atoms with Gasteiger partial charge in [-0.15, -0.1) is 0 Å². The standard InChI is InChI=1S/C13H9BrF3N3O/c14-8-1-2-10(11(5-8)13(15,16)17)12(21)19-6-9-3-4-18-7-20-9/h1-5,7H,6H2,(H,19,21). The number of hydrogen-bond acceptors (Lipinski definition) is 3. The van der Waals surface area contributed by atoms with Gasteiger partial charge in [0.2, 0.25) is 0 Å². The van der Waals surface area contributed by atoms with Crippen LogP contribution in [0.15, 0.2) is 41.3 Å². The lowest BCUT2D eigenvalue weighted by Gasteiger charge is -2.13. The van der Waals surface area contributed by atoms with Gasteiger partial charge in [-0.3, -0.25) is 4.79 Å². The van der Waals surface area contributed by atoms with Crippen LogP contribution in [-0.4, -0.2) is 15.9 Å². The zero-order valence-electron chi connectivity index (χ0n) is 10.5. The SMILES string of the molecule is O=C(NCc1ccncn1)c1ccc(Br)cc1C(F)(F)F. The van der Waals surface area contributed by atoms with E-state index in [1.165, 1.54) is 18.6 Å². The Bertz CT molecular complexity index is 647. The fourth-order valence-electron chi connectivity index (χ4n) is 1.64. The molecule has 0 radical (unpaired) electrons. The summed E-state index contributed by atoms with van der Waals surface area (Å²) in [4.78, 5) is 19.5. The van der Waals surface area contributed by atoms with Gasteiger partial charge in [0, 0.05) is 10.7 Å². The Morgan fingerprint density at radius 2 is 2.05 bits per heavy atom. The van der Waals surface area contributed by atoms with Crippen molar-refractivity contribution in [2.24, 2.45) is 0 Å². The van der Waals surface area contributed by atoms with E-state index in [1.807, 2.05) is 0 Å². The number of benzene rings is 1. The summed E-state index contributed by atoms with van der Waals surface area (Å²) in [5.74, 6) is -0.812. The molecule has 0 atom stereocenters. The number of aromatic nitrogens is 2. The zero-order valence-corrected chi connectivity index (χ0v) is 12.1. The van der Waals surface area contributed by atoms with Crippen molar-refractivity contribution in [3.05, 3.63) is 58.1 Å². The molecule has 21 heavy (non-hydrogen) atoms. The number of carbonyl (C=O) groups is 1. The largest absolute Gasteiger partial charge is 0.417 e. The van der Waals surface area contributed by atoms with Crippen molar-refractivity contribution in [3.8, 4) is 0 Å². The fourth-order valence-corrected chi connectivity index (χ4v) is 2.00. The highest BCUT2D eigenvalue weighted by Crippen LogP contribution is 2.33. The van der Waals surface area contributed by atoms with Gasteiger partial charge in [0.05, 0.1) is 23.4 Å². The van der Waals surface area contributed by atoms with Gasteiger partial charge in [-0.25, -0.2) is 9.97 Å². The number of nitrogens with zero attached hydrogens (tertiary/aromatic N) is 2. The molecule has 0 aliphatic carbocycles. The van der Waals surface area contributed by atoms with Gasteiger partial charge in [0.15, 0.2) is 0 Å². The van der Waals surface area contributed by atoms with Gasteiger partial charge in [-0.2, -0.15) is 13.2 Å². The van der Waals surface area contributed by atoms with Gasteiger partial charge in [0.1, 0.15) is 6.33 Å². The molecule has 1 aromatic heterocycles. The van der Waals surface area contributed by atoms with Crippen LogP contribution in [0.5, 0.6) is 0 Å². The average molecular weight is 360 g/mol. The zero-order chi connectivity index (χ0) is 15.5. The Balaban J connectivity index is 2.20. The van der Waals surface area contributed by atoms with Crippen LogP contribution in [0.3, 0.4) is 0 Å². The van der Waals surface area contributed by atoms with Crippen LogP contribution in [0.25, 0.3) is 0 Å². The molecule has 0 fully saturated rings. The lowest BCUT2D eigenvalue weighted by atomic mass is 10.1. The Morgan fingerprint density at radius 3 is 2.67 bits per heavy atom. The number of hydrogen-bond donors (Lipinski definition) is 1. The third-order valence-electron chi connectivity index (χ3n) is 2.60. The Kier molecular flexibility index (Phi) is 4.56. The van der Waals surface area contributed by atoms with Gasteiger partial charge in [-0.05, 0) is 24.3 Å². The smallest absolute Gasteiger partial charge is 0.346 e. The minimum absolute atomic E-state index is 0.0225. The third-order valence-corrected chi connectivity index (χ3v) is 3.10. The molecule has 1 heterocycles. The third kappa shape index (κ3) is 4.01. The molecule has 8 heteroatoms. The second-order valence-electron chi connectivity index (χ2n) is 4.07. The molecule has 2 aromatic rings. The Labute approximate surface area is 126 Å². The molecule has 2 rings (SSSR count). The number of rotatable bonds is 3. The average Bonchev–Trinajstić information content (AvgIpc) is 2.45. The summed E-state index contributed by atoms with van der Waals surface area (Å²) in [5.41, 5.74) is -0.916. The van der Waals surface area contributed by atoms with E-state index in [9.17, 15) is 18.0 Å². The van der Waals surface area contributed by atoms with E-state index in [4.69, 9.17) is 0 Å². The van der Waals surface area contributed by atoms with Crippen LogP contribution in [-0.2, 0) is 12.7 Å². The summed E-state index contributed by atoms with van der Waals surface area (Å²) in [7, 11) is 0. The molecule has 0 saturated carbocycles. The minimum Gasteiger partial charge on any atom is -0.346 e. The van der Waals surface area contributed by atoms with Gasteiger partial charge < -0.3 is 5.32 Å². The molecule has 1 amide bonds. The second kappa shape index (κ2) is 6.21. The van der Waals surface area contributed by atoms with Crippen LogP contribution in [0.1, 0.15) is 21.6 Å². The first-order valence-electron chi connectivity index (χ1n) is 5.78. The van der Waals surface area contributed by atoms with Crippen molar-refractivity contribution in [3.63, 3.8) is 0 Å². The summed E-state index contributed by atoms with van der Waals surface area (Å²) in [6.07, 6.45) is -1.83. The van der Waals surface area contributed by atoms with E-state index >= 15 is 0 Å². The summed E-state index contributed by atoms with van der Waals surface area (Å²) >= 11 is 2.96. The van der Waals surface area contributed by atoms with Gasteiger partial charge in [0.25, 0.3) is 5.91 Å². The predicted octanol–water partition coefficient (Wildman–Crippen LogP) is 3.19. The highest BCUT2D eigenvalue weighted by molar-refractivity contribution is 9.10. The van der Waals surface area contributed by atoms with Crippen LogP contribution >= 0.6 is 15.9 Å². The molecular weight excluding hydrogens is 351 g/mol. The first-order chi connectivity index (χ1) is 9.88. The monoisotopic (exact) mass is 359 g/mol. The van der Waals surface area contributed by atoms with Gasteiger partial charge >= 0.3 is 6.18 Å². The van der Waals surface area contributed by atoms with Crippen molar-refractivity contribution in [2.75, 3.05) is 0 Å². The summed E-state index contributed by atoms with van der Waals surface area (Å²) in [6, 6.07) is 4.95. The maximum absolute atomic E-state index is 12.9. The van der Waals surface area contributed by atoms with Crippen molar-refractivity contribution in [1.29, 1.82) is 0 Å². The Morgan fingerprint density at radius 1 is 1.29 bits per heavy atom. The number of carbonyl (C=O) groups excluding carboxylic acids is 1. The fraction of sp³-hybridized carbons (Fsp3) is 0.154. The molecule has 110 valence electrons. The van der Waals surface area contributed by atoms with E-state index in [-0.39, 0.29) is 11.0 Å². The molecule has 4 nitrogen and oxygen atoms in total. The van der Waals surface area contributed by atoms with Crippen molar-refractivity contribution >= 4 is 21.8 Å². The molecule has 0 aliphatic rings. The normalized spacial score (nSPS) is 11.2. The van der Waals surface area contributed by atoms with E-state index in [0.717, 1.165) is 12.1 Å². The highest BCUT2D eigenvalue weighted by atomic mass is 79.9. The summed E-state index contributed by atoms with van der Waals surface area (Å²) in [6.45, 7) is 0.0225. The topological polar surface area (TPSA) is 54.9 Å². The lowest BCUT2D eigenvalue weighted by molar-refractivity contribution is -0.138. The van der Waals surface area contributed by atoms with Crippen molar-refractivity contribution in [1.82, 2.24) is 15.3 Å². The molecule has 0 spiro atoms. The van der Waals surface area contributed by atoms with Crippen LogP contribution in [0, 0.1) is 0 Å². The van der Waals surface area contributed by atoms with E-state index in [0.29, 0.717) is 5.69 Å². The Hall–Kier alpha value is -1.96. The van der Waals surface area contributed by atoms with Crippen LogP contribution in [0.2, 0.25) is 0 Å². The molecule has 0 aliphatic heterocycles. The van der Waals surface area contributed by atoms with E-state index in [1.54, 1.807) is 6.07 Å². The predicted molar refractivity (Wildman–Crippen MR) is 72.3 cm³/mol.